The second-order valence-corrected chi connectivity index (χ2v) is 8.08. The molecular weight excluding hydrogens is 439 g/mol. The summed E-state index contributed by atoms with van der Waals surface area (Å²) >= 11 is 0. The van der Waals surface area contributed by atoms with E-state index < -0.39 is 17.2 Å². The number of methoxy groups -OCH3 is 1. The van der Waals surface area contributed by atoms with E-state index in [2.05, 4.69) is 9.97 Å². The summed E-state index contributed by atoms with van der Waals surface area (Å²) in [6, 6.07) is 12.9. The minimum atomic E-state index is -0.902. The van der Waals surface area contributed by atoms with Gasteiger partial charge in [0.1, 0.15) is 34.9 Å². The maximum atomic E-state index is 15.1. The molecule has 0 radical (unpaired) electrons. The van der Waals surface area contributed by atoms with E-state index in [4.69, 9.17) is 10.00 Å². The number of hydrogen-bond acceptors (Lipinski definition) is 4. The zero-order valence-corrected chi connectivity index (χ0v) is 18.6. The van der Waals surface area contributed by atoms with E-state index in [1.807, 2.05) is 18.2 Å². The highest BCUT2D eigenvalue weighted by molar-refractivity contribution is 5.84. The van der Waals surface area contributed by atoms with Crippen LogP contribution in [-0.4, -0.2) is 17.1 Å². The Hall–Kier alpha value is -3.76. The van der Waals surface area contributed by atoms with Crippen molar-refractivity contribution in [2.24, 2.45) is 0 Å². The lowest BCUT2D eigenvalue weighted by Crippen LogP contribution is -2.01. The van der Waals surface area contributed by atoms with Gasteiger partial charge < -0.3 is 4.74 Å². The summed E-state index contributed by atoms with van der Waals surface area (Å²) < 4.78 is 47.8. The zero-order valence-electron chi connectivity index (χ0n) is 18.6. The third-order valence-electron chi connectivity index (χ3n) is 5.70. The third-order valence-corrected chi connectivity index (χ3v) is 5.70. The van der Waals surface area contributed by atoms with Crippen molar-refractivity contribution >= 4 is 10.8 Å². The van der Waals surface area contributed by atoms with Crippen molar-refractivity contribution in [1.82, 2.24) is 9.97 Å². The van der Waals surface area contributed by atoms with Crippen molar-refractivity contribution in [3.8, 4) is 6.07 Å². The van der Waals surface area contributed by atoms with Crippen LogP contribution in [0.5, 0.6) is 0 Å². The van der Waals surface area contributed by atoms with Gasteiger partial charge in [-0.2, -0.15) is 5.26 Å². The quantitative estimate of drug-likeness (QED) is 0.341. The normalized spacial score (nSPS) is 11.0. The lowest BCUT2D eigenvalue weighted by Gasteiger charge is -2.09. The number of benzene rings is 3. The summed E-state index contributed by atoms with van der Waals surface area (Å²) in [5.74, 6) is -1.41. The van der Waals surface area contributed by atoms with E-state index in [0.717, 1.165) is 40.9 Å². The predicted molar refractivity (Wildman–Crippen MR) is 123 cm³/mol. The molecule has 4 nitrogen and oxygen atoms in total. The Bertz CT molecular complexity index is 1340. The van der Waals surface area contributed by atoms with E-state index in [9.17, 15) is 8.78 Å². The highest BCUT2D eigenvalue weighted by Gasteiger charge is 2.13. The molecule has 0 atom stereocenters. The van der Waals surface area contributed by atoms with Crippen LogP contribution in [-0.2, 0) is 37.0 Å². The molecule has 0 saturated heterocycles. The molecule has 0 aliphatic carbocycles. The summed E-state index contributed by atoms with van der Waals surface area (Å²) in [6.07, 6.45) is 5.43. The molecule has 0 fully saturated rings. The smallest absolute Gasteiger partial charge is 0.144 e. The minimum Gasteiger partial charge on any atom is -0.380 e. The van der Waals surface area contributed by atoms with Gasteiger partial charge in [0, 0.05) is 36.9 Å². The molecule has 172 valence electrons. The van der Waals surface area contributed by atoms with Crippen LogP contribution in [0.3, 0.4) is 0 Å². The maximum Gasteiger partial charge on any atom is 0.144 e. The Balaban J connectivity index is 1.45. The van der Waals surface area contributed by atoms with Crippen LogP contribution in [0.2, 0.25) is 0 Å². The average molecular weight is 461 g/mol. The predicted octanol–water partition coefficient (Wildman–Crippen LogP) is 5.64. The molecule has 4 aromatic rings. The second-order valence-electron chi connectivity index (χ2n) is 8.08. The Labute approximate surface area is 195 Å². The molecule has 0 N–H and O–H groups in total. The third kappa shape index (κ3) is 5.24. The van der Waals surface area contributed by atoms with Crippen molar-refractivity contribution in [3.05, 3.63) is 106 Å². The fourth-order valence-electron chi connectivity index (χ4n) is 3.90. The van der Waals surface area contributed by atoms with Crippen molar-refractivity contribution in [2.45, 2.75) is 32.3 Å². The molecule has 1 aromatic heterocycles. The van der Waals surface area contributed by atoms with Gasteiger partial charge in [-0.1, -0.05) is 30.3 Å². The van der Waals surface area contributed by atoms with Gasteiger partial charge in [0.05, 0.1) is 6.61 Å². The number of aromatic nitrogens is 2. The first kappa shape index (κ1) is 23.4. The van der Waals surface area contributed by atoms with Gasteiger partial charge in [-0.05, 0) is 53.5 Å². The Morgan fingerprint density at radius 2 is 1.53 bits per heavy atom. The number of nitriles is 1. The first-order chi connectivity index (χ1) is 16.5. The van der Waals surface area contributed by atoms with Crippen molar-refractivity contribution in [1.29, 1.82) is 5.26 Å². The largest absolute Gasteiger partial charge is 0.380 e. The molecule has 0 unspecified atom stereocenters. The lowest BCUT2D eigenvalue weighted by molar-refractivity contribution is 0.184. The Morgan fingerprint density at radius 1 is 0.824 bits per heavy atom. The van der Waals surface area contributed by atoms with E-state index in [1.54, 1.807) is 31.6 Å². The van der Waals surface area contributed by atoms with Gasteiger partial charge >= 0.3 is 0 Å². The highest BCUT2D eigenvalue weighted by atomic mass is 19.1. The molecule has 34 heavy (non-hydrogen) atoms. The number of aryl methyl sites for hydroxylation is 4. The summed E-state index contributed by atoms with van der Waals surface area (Å²) in [7, 11) is 1.62. The molecule has 0 saturated carbocycles. The maximum absolute atomic E-state index is 15.1. The molecule has 0 aliphatic heterocycles. The Kier molecular flexibility index (Phi) is 7.19. The summed E-state index contributed by atoms with van der Waals surface area (Å²) in [5, 5.41) is 10.1. The molecule has 0 spiro atoms. The van der Waals surface area contributed by atoms with E-state index in [-0.39, 0.29) is 18.7 Å². The fraction of sp³-hybridized carbons (Fsp3) is 0.222. The SMILES string of the molecule is COCc1cnc(CCc2ccc3c(F)c(CCc4cc(F)c(C#N)c(F)c4)ccc3c2)nc1. The van der Waals surface area contributed by atoms with E-state index in [0.29, 0.717) is 29.5 Å². The molecule has 0 bridgehead atoms. The number of rotatable bonds is 8. The molecule has 0 aliphatic rings. The monoisotopic (exact) mass is 461 g/mol. The number of halogens is 3. The zero-order chi connectivity index (χ0) is 24.1. The average Bonchev–Trinajstić information content (AvgIpc) is 2.83. The molecule has 1 heterocycles. The van der Waals surface area contributed by atoms with Crippen LogP contribution >= 0.6 is 0 Å². The number of hydrogen-bond donors (Lipinski definition) is 0. The standard InChI is InChI=1S/C27H22F3N3O/c1-34-16-19-14-32-26(33-15-19)9-4-17-3-8-22-21(10-17)7-6-20(27(22)30)5-2-18-11-24(28)23(13-31)25(29)12-18/h3,6-8,10-12,14-15H,2,4-5,9,16H2,1H3. The van der Waals surface area contributed by atoms with Gasteiger partial charge in [-0.25, -0.2) is 23.1 Å². The summed E-state index contributed by atoms with van der Waals surface area (Å²) in [6.45, 7) is 0.472. The summed E-state index contributed by atoms with van der Waals surface area (Å²) in [4.78, 5) is 8.70. The van der Waals surface area contributed by atoms with Crippen molar-refractivity contribution < 1.29 is 17.9 Å². The van der Waals surface area contributed by atoms with E-state index in [1.165, 1.54) is 6.07 Å². The molecule has 7 heteroatoms. The minimum absolute atomic E-state index is 0.253. The molecule has 3 aromatic carbocycles. The van der Waals surface area contributed by atoms with Crippen LogP contribution in [0, 0.1) is 28.8 Å². The summed E-state index contributed by atoms with van der Waals surface area (Å²) in [5.41, 5.74) is 2.20. The van der Waals surface area contributed by atoms with Gasteiger partial charge in [0.25, 0.3) is 0 Å². The van der Waals surface area contributed by atoms with Crippen molar-refractivity contribution in [3.63, 3.8) is 0 Å². The van der Waals surface area contributed by atoms with Crippen LogP contribution < -0.4 is 0 Å². The highest BCUT2D eigenvalue weighted by Crippen LogP contribution is 2.25. The number of ether oxygens (including phenoxy) is 1. The lowest BCUT2D eigenvalue weighted by atomic mass is 9.97. The van der Waals surface area contributed by atoms with Crippen LogP contribution in [0.25, 0.3) is 10.8 Å². The van der Waals surface area contributed by atoms with Gasteiger partial charge in [-0.3, -0.25) is 0 Å². The van der Waals surface area contributed by atoms with Crippen LogP contribution in [0.4, 0.5) is 13.2 Å². The topological polar surface area (TPSA) is 58.8 Å². The fourth-order valence-corrected chi connectivity index (χ4v) is 3.90. The first-order valence-corrected chi connectivity index (χ1v) is 10.8. The number of fused-ring (bicyclic) bond motifs is 1. The van der Waals surface area contributed by atoms with Gasteiger partial charge in [0.2, 0.25) is 0 Å². The van der Waals surface area contributed by atoms with Crippen LogP contribution in [0.1, 0.15) is 33.6 Å². The van der Waals surface area contributed by atoms with Gasteiger partial charge in [-0.15, -0.1) is 0 Å². The molecular formula is C27H22F3N3O. The first-order valence-electron chi connectivity index (χ1n) is 10.8. The number of nitrogens with zero attached hydrogens (tertiary/aromatic N) is 3. The van der Waals surface area contributed by atoms with Crippen molar-refractivity contribution in [2.75, 3.05) is 7.11 Å². The van der Waals surface area contributed by atoms with Gasteiger partial charge in [0.15, 0.2) is 0 Å². The van der Waals surface area contributed by atoms with E-state index >= 15 is 4.39 Å². The van der Waals surface area contributed by atoms with Crippen LogP contribution in [0.15, 0.2) is 54.9 Å². The second kappa shape index (κ2) is 10.4. The molecule has 0 amide bonds. The molecule has 4 rings (SSSR count). The Morgan fingerprint density at radius 3 is 2.21 bits per heavy atom.